The number of benzene rings is 1. The first-order valence-corrected chi connectivity index (χ1v) is 4.56. The van der Waals surface area contributed by atoms with Crippen LogP contribution in [-0.2, 0) is 6.42 Å². The molecule has 0 amide bonds. The summed E-state index contributed by atoms with van der Waals surface area (Å²) in [6.07, 6.45) is 6.96. The van der Waals surface area contributed by atoms with Gasteiger partial charge in [0, 0.05) is 12.6 Å². The van der Waals surface area contributed by atoms with Gasteiger partial charge in [-0.2, -0.15) is 0 Å². The molecule has 1 heteroatoms. The second-order valence-corrected chi connectivity index (χ2v) is 2.81. The number of fused-ring (bicyclic) bond motifs is 1. The first kappa shape index (κ1) is 9.72. The summed E-state index contributed by atoms with van der Waals surface area (Å²) in [5, 5.41) is 0. The van der Waals surface area contributed by atoms with E-state index >= 15 is 0 Å². The molecule has 0 aromatic heterocycles. The molecular weight excluding hydrogens is 158 g/mol. The molecule has 0 atom stereocenters. The lowest BCUT2D eigenvalue weighted by Crippen LogP contribution is -1.75. The molecule has 0 unspecified atom stereocenters. The van der Waals surface area contributed by atoms with Gasteiger partial charge in [-0.25, -0.2) is 0 Å². The average Bonchev–Trinajstić information content (AvgIpc) is 2.66. The van der Waals surface area contributed by atoms with Gasteiger partial charge in [0.15, 0.2) is 0 Å². The Hall–Kier alpha value is -1.37. The van der Waals surface area contributed by atoms with Gasteiger partial charge in [0.25, 0.3) is 0 Å². The minimum Gasteiger partial charge on any atom is -0.261 e. The number of hydrogen-bond acceptors (Lipinski definition) is 1. The van der Waals surface area contributed by atoms with Gasteiger partial charge in [0.05, 0.1) is 5.69 Å². The van der Waals surface area contributed by atoms with Crippen molar-refractivity contribution in [3.8, 4) is 0 Å². The molecule has 13 heavy (non-hydrogen) atoms. The van der Waals surface area contributed by atoms with E-state index in [0.29, 0.717) is 0 Å². The molecule has 0 spiro atoms. The van der Waals surface area contributed by atoms with Crippen LogP contribution >= 0.6 is 0 Å². The zero-order chi connectivity index (χ0) is 9.52. The lowest BCUT2D eigenvalue weighted by molar-refractivity contribution is 1.41. The zero-order valence-corrected chi connectivity index (χ0v) is 8.20. The topological polar surface area (TPSA) is 12.4 Å². The highest BCUT2D eigenvalue weighted by molar-refractivity contribution is 5.75. The predicted octanol–water partition coefficient (Wildman–Crippen LogP) is 3.53. The van der Waals surface area contributed by atoms with Crippen molar-refractivity contribution < 1.29 is 0 Å². The Morgan fingerprint density at radius 1 is 1.15 bits per heavy atom. The Balaban J connectivity index is 0.000000184. The molecule has 0 saturated heterocycles. The van der Waals surface area contributed by atoms with E-state index in [1.165, 1.54) is 5.56 Å². The van der Waals surface area contributed by atoms with Gasteiger partial charge in [-0.3, -0.25) is 4.99 Å². The van der Waals surface area contributed by atoms with Crippen molar-refractivity contribution >= 4 is 11.9 Å². The number of aliphatic imine (C=N–C) groups is 1. The van der Waals surface area contributed by atoms with E-state index in [0.717, 1.165) is 12.1 Å². The molecule has 1 aromatic carbocycles. The highest BCUT2D eigenvalue weighted by Gasteiger charge is 2.01. The van der Waals surface area contributed by atoms with Crippen LogP contribution in [0.4, 0.5) is 5.69 Å². The van der Waals surface area contributed by atoms with Crippen LogP contribution in [0.5, 0.6) is 0 Å². The molecule has 1 aliphatic heterocycles. The first-order chi connectivity index (χ1) is 6.38. The van der Waals surface area contributed by atoms with Crippen LogP contribution in [0.2, 0.25) is 0 Å². The summed E-state index contributed by atoms with van der Waals surface area (Å²) >= 11 is 0. The van der Waals surface area contributed by atoms with Gasteiger partial charge < -0.3 is 0 Å². The van der Waals surface area contributed by atoms with Gasteiger partial charge >= 0.3 is 0 Å². The van der Waals surface area contributed by atoms with Crippen molar-refractivity contribution in [3.05, 3.63) is 42.0 Å². The van der Waals surface area contributed by atoms with Gasteiger partial charge in [0.1, 0.15) is 0 Å². The predicted molar refractivity (Wildman–Crippen MR) is 58.8 cm³/mol. The highest BCUT2D eigenvalue weighted by atomic mass is 14.7. The molecule has 0 radical (unpaired) electrons. The first-order valence-electron chi connectivity index (χ1n) is 4.56. The number of rotatable bonds is 0. The number of nitrogens with zero attached hydrogens (tertiary/aromatic N) is 1. The Morgan fingerprint density at radius 3 is 2.46 bits per heavy atom. The second kappa shape index (κ2) is 5.31. The molecule has 0 aliphatic carbocycles. The largest absolute Gasteiger partial charge is 0.261 e. The average molecular weight is 173 g/mol. The zero-order valence-electron chi connectivity index (χ0n) is 8.20. The van der Waals surface area contributed by atoms with E-state index in [-0.39, 0.29) is 0 Å². The fourth-order valence-electron chi connectivity index (χ4n) is 1.05. The Labute approximate surface area is 79.8 Å². The summed E-state index contributed by atoms with van der Waals surface area (Å²) in [4.78, 5) is 4.17. The molecule has 0 bridgehead atoms. The lowest BCUT2D eigenvalue weighted by Gasteiger charge is -1.91. The summed E-state index contributed by atoms with van der Waals surface area (Å²) in [6, 6.07) is 8.22. The summed E-state index contributed by atoms with van der Waals surface area (Å²) in [7, 11) is 0. The van der Waals surface area contributed by atoms with E-state index in [4.69, 9.17) is 0 Å². The van der Waals surface area contributed by atoms with Gasteiger partial charge in [-0.1, -0.05) is 30.4 Å². The molecule has 1 heterocycles. The van der Waals surface area contributed by atoms with Crippen LogP contribution in [0.1, 0.15) is 19.4 Å². The van der Waals surface area contributed by atoms with Crippen LogP contribution in [0.25, 0.3) is 0 Å². The smallest absolute Gasteiger partial charge is 0.0661 e. The number of para-hydroxylation sites is 1. The summed E-state index contributed by atoms with van der Waals surface area (Å²) in [6.45, 7) is 4.00. The Bertz CT molecular complexity index is 307. The van der Waals surface area contributed by atoms with Crippen molar-refractivity contribution in [2.45, 2.75) is 20.3 Å². The molecule has 2 rings (SSSR count). The maximum absolute atomic E-state index is 4.17. The Morgan fingerprint density at radius 2 is 1.85 bits per heavy atom. The van der Waals surface area contributed by atoms with Crippen molar-refractivity contribution in [2.24, 2.45) is 4.99 Å². The van der Waals surface area contributed by atoms with Gasteiger partial charge in [-0.15, -0.1) is 0 Å². The van der Waals surface area contributed by atoms with Crippen LogP contribution in [-0.4, -0.2) is 6.21 Å². The normalized spacial score (nSPS) is 12.5. The second-order valence-electron chi connectivity index (χ2n) is 2.81. The third-order valence-corrected chi connectivity index (χ3v) is 1.87. The maximum atomic E-state index is 4.17. The lowest BCUT2D eigenvalue weighted by atomic mass is 10.2. The van der Waals surface area contributed by atoms with E-state index in [1.54, 1.807) is 0 Å². The summed E-state index contributed by atoms with van der Waals surface area (Å²) < 4.78 is 0. The fourth-order valence-corrected chi connectivity index (χ4v) is 1.05. The van der Waals surface area contributed by atoms with Crippen LogP contribution < -0.4 is 0 Å². The molecule has 1 nitrogen and oxygen atoms in total. The van der Waals surface area contributed by atoms with Crippen molar-refractivity contribution in [2.75, 3.05) is 0 Å². The minimum absolute atomic E-state index is 1.01. The maximum Gasteiger partial charge on any atom is 0.0661 e. The van der Waals surface area contributed by atoms with Crippen LogP contribution in [0.15, 0.2) is 41.4 Å². The van der Waals surface area contributed by atoms with E-state index in [1.807, 2.05) is 50.4 Å². The van der Waals surface area contributed by atoms with E-state index < -0.39 is 0 Å². The molecule has 0 N–H and O–H groups in total. The summed E-state index contributed by atoms with van der Waals surface area (Å²) in [5.74, 6) is 0. The van der Waals surface area contributed by atoms with Crippen molar-refractivity contribution in [1.29, 1.82) is 0 Å². The van der Waals surface area contributed by atoms with Crippen LogP contribution in [0.3, 0.4) is 0 Å². The van der Waals surface area contributed by atoms with Crippen molar-refractivity contribution in [3.63, 3.8) is 0 Å². The van der Waals surface area contributed by atoms with Crippen LogP contribution in [0, 0.1) is 0 Å². The molecule has 0 saturated carbocycles. The standard InChI is InChI=1S/C8H7N.C4H8/c1-2-4-8-7(3-1)5-6-9-8;1-3-4-2/h1-4,6H,5H2;3-4H,1-2H3. The van der Waals surface area contributed by atoms with Gasteiger partial charge in [0.2, 0.25) is 0 Å². The van der Waals surface area contributed by atoms with Crippen molar-refractivity contribution in [1.82, 2.24) is 0 Å². The number of allylic oxidation sites excluding steroid dienone is 2. The number of hydrogen-bond donors (Lipinski definition) is 0. The fraction of sp³-hybridized carbons (Fsp3) is 0.250. The summed E-state index contributed by atoms with van der Waals surface area (Å²) in [5.41, 5.74) is 2.48. The quantitative estimate of drug-likeness (QED) is 0.532. The highest BCUT2D eigenvalue weighted by Crippen LogP contribution is 2.22. The molecular formula is C12H15N. The van der Waals surface area contributed by atoms with E-state index in [2.05, 4.69) is 11.1 Å². The minimum atomic E-state index is 1.01. The monoisotopic (exact) mass is 173 g/mol. The Kier molecular flexibility index (Phi) is 3.97. The molecule has 1 aromatic rings. The van der Waals surface area contributed by atoms with Gasteiger partial charge in [-0.05, 0) is 25.5 Å². The SMILES string of the molecule is C1=Nc2ccccc2C1.CC=CC. The molecule has 0 fully saturated rings. The third kappa shape index (κ3) is 2.86. The molecule has 1 aliphatic rings. The van der Waals surface area contributed by atoms with E-state index in [9.17, 15) is 0 Å². The molecule has 68 valence electrons. The third-order valence-electron chi connectivity index (χ3n) is 1.87.